The Balaban J connectivity index is 1.59. The molecule has 0 aliphatic heterocycles. The molecule has 0 radical (unpaired) electrons. The summed E-state index contributed by atoms with van der Waals surface area (Å²) in [5.41, 5.74) is 2.40. The Morgan fingerprint density at radius 1 is 1.33 bits per heavy atom. The number of carbonyl (C=O) groups is 1. The maximum atomic E-state index is 12.4. The minimum atomic E-state index is 0.301. The van der Waals surface area contributed by atoms with E-state index in [9.17, 15) is 4.79 Å². The number of aryl methyl sites for hydroxylation is 1. The van der Waals surface area contributed by atoms with Crippen LogP contribution in [0.3, 0.4) is 0 Å². The number of rotatable bonds is 6. The van der Waals surface area contributed by atoms with Crippen LogP contribution in [0.25, 0.3) is 10.9 Å². The van der Waals surface area contributed by atoms with Crippen LogP contribution >= 0.6 is 0 Å². The van der Waals surface area contributed by atoms with Crippen LogP contribution in [0.4, 0.5) is 0 Å². The first-order valence-electron chi connectivity index (χ1n) is 8.10. The van der Waals surface area contributed by atoms with Crippen LogP contribution in [0.5, 0.6) is 0 Å². The summed E-state index contributed by atoms with van der Waals surface area (Å²) in [6, 6.07) is 8.29. The van der Waals surface area contributed by atoms with Gasteiger partial charge in [-0.05, 0) is 43.7 Å². The van der Waals surface area contributed by atoms with Crippen molar-refractivity contribution in [3.8, 4) is 0 Å². The van der Waals surface area contributed by atoms with E-state index in [1.165, 1.54) is 30.2 Å². The highest BCUT2D eigenvalue weighted by Gasteiger charge is 2.22. The van der Waals surface area contributed by atoms with Gasteiger partial charge >= 0.3 is 0 Å². The lowest BCUT2D eigenvalue weighted by atomic mass is 9.85. The maximum Gasteiger partial charge on any atom is 0.222 e. The summed E-state index contributed by atoms with van der Waals surface area (Å²) >= 11 is 0. The van der Waals surface area contributed by atoms with E-state index >= 15 is 0 Å². The van der Waals surface area contributed by atoms with E-state index in [4.69, 9.17) is 0 Å². The average molecular weight is 284 g/mol. The first-order chi connectivity index (χ1) is 10.3. The van der Waals surface area contributed by atoms with E-state index in [-0.39, 0.29) is 0 Å². The highest BCUT2D eigenvalue weighted by molar-refractivity contribution is 5.84. The van der Waals surface area contributed by atoms with Crippen LogP contribution in [-0.4, -0.2) is 28.9 Å². The third-order valence-electron chi connectivity index (χ3n) is 4.72. The summed E-state index contributed by atoms with van der Waals surface area (Å²) in [4.78, 5) is 17.7. The molecule has 1 saturated carbocycles. The van der Waals surface area contributed by atoms with E-state index < -0.39 is 0 Å². The SMILES string of the molecule is CCN(CC1CCC1)C(=O)CCc1c[nH]c2ccccc12. The van der Waals surface area contributed by atoms with Crippen LogP contribution in [0.2, 0.25) is 0 Å². The summed E-state index contributed by atoms with van der Waals surface area (Å²) in [6.45, 7) is 3.88. The number of nitrogens with zero attached hydrogens (tertiary/aromatic N) is 1. The third kappa shape index (κ3) is 3.12. The van der Waals surface area contributed by atoms with E-state index in [0.717, 1.165) is 30.9 Å². The summed E-state index contributed by atoms with van der Waals surface area (Å²) in [6.07, 6.45) is 7.41. The van der Waals surface area contributed by atoms with Crippen molar-refractivity contribution in [3.63, 3.8) is 0 Å². The molecule has 1 N–H and O–H groups in total. The van der Waals surface area contributed by atoms with Gasteiger partial charge in [-0.25, -0.2) is 0 Å². The van der Waals surface area contributed by atoms with Crippen molar-refractivity contribution in [1.29, 1.82) is 0 Å². The van der Waals surface area contributed by atoms with Crippen LogP contribution in [0, 0.1) is 5.92 Å². The van der Waals surface area contributed by atoms with Crippen molar-refractivity contribution in [2.45, 2.75) is 39.0 Å². The van der Waals surface area contributed by atoms with Gasteiger partial charge in [-0.1, -0.05) is 24.6 Å². The second kappa shape index (κ2) is 6.33. The van der Waals surface area contributed by atoms with Crippen molar-refractivity contribution >= 4 is 16.8 Å². The topological polar surface area (TPSA) is 36.1 Å². The minimum absolute atomic E-state index is 0.301. The maximum absolute atomic E-state index is 12.4. The molecule has 1 fully saturated rings. The zero-order valence-electron chi connectivity index (χ0n) is 12.8. The van der Waals surface area contributed by atoms with Gasteiger partial charge in [-0.2, -0.15) is 0 Å². The molecule has 0 bridgehead atoms. The lowest BCUT2D eigenvalue weighted by Crippen LogP contribution is -2.37. The predicted octanol–water partition coefficient (Wildman–Crippen LogP) is 3.75. The first kappa shape index (κ1) is 14.2. The molecule has 3 heteroatoms. The Hall–Kier alpha value is -1.77. The number of para-hydroxylation sites is 1. The Morgan fingerprint density at radius 2 is 2.14 bits per heavy atom. The van der Waals surface area contributed by atoms with Crippen LogP contribution in [0.15, 0.2) is 30.5 Å². The molecule has 1 heterocycles. The summed E-state index contributed by atoms with van der Waals surface area (Å²) in [5, 5.41) is 1.24. The molecule has 1 aliphatic rings. The summed E-state index contributed by atoms with van der Waals surface area (Å²) in [5.74, 6) is 1.05. The predicted molar refractivity (Wildman–Crippen MR) is 86.2 cm³/mol. The normalized spacial score (nSPS) is 15.1. The van der Waals surface area contributed by atoms with Gasteiger partial charge < -0.3 is 9.88 Å². The highest BCUT2D eigenvalue weighted by atomic mass is 16.2. The van der Waals surface area contributed by atoms with Gasteiger partial charge in [0, 0.05) is 36.6 Å². The molecule has 2 aromatic rings. The van der Waals surface area contributed by atoms with Gasteiger partial charge in [0.15, 0.2) is 0 Å². The van der Waals surface area contributed by atoms with E-state index in [1.807, 2.05) is 17.2 Å². The fourth-order valence-electron chi connectivity index (χ4n) is 3.13. The van der Waals surface area contributed by atoms with E-state index in [0.29, 0.717) is 12.3 Å². The van der Waals surface area contributed by atoms with Gasteiger partial charge in [0.2, 0.25) is 5.91 Å². The molecule has 1 aromatic heterocycles. The number of benzene rings is 1. The quantitative estimate of drug-likeness (QED) is 0.861. The Bertz CT molecular complexity index is 612. The number of hydrogen-bond donors (Lipinski definition) is 1. The number of amides is 1. The second-order valence-electron chi connectivity index (χ2n) is 6.09. The molecule has 1 aliphatic carbocycles. The zero-order valence-corrected chi connectivity index (χ0v) is 12.8. The van der Waals surface area contributed by atoms with Crippen LogP contribution in [-0.2, 0) is 11.2 Å². The highest BCUT2D eigenvalue weighted by Crippen LogP contribution is 2.27. The third-order valence-corrected chi connectivity index (χ3v) is 4.72. The molecule has 0 unspecified atom stereocenters. The van der Waals surface area contributed by atoms with Gasteiger partial charge in [0.1, 0.15) is 0 Å². The lowest BCUT2D eigenvalue weighted by Gasteiger charge is -2.31. The van der Waals surface area contributed by atoms with Gasteiger partial charge in [0.05, 0.1) is 0 Å². The largest absolute Gasteiger partial charge is 0.361 e. The van der Waals surface area contributed by atoms with Gasteiger partial charge in [-0.15, -0.1) is 0 Å². The Labute approximate surface area is 126 Å². The number of nitrogens with one attached hydrogen (secondary N) is 1. The van der Waals surface area contributed by atoms with Crippen LogP contribution in [0.1, 0.15) is 38.2 Å². The number of aromatic nitrogens is 1. The van der Waals surface area contributed by atoms with Gasteiger partial charge in [-0.3, -0.25) is 4.79 Å². The van der Waals surface area contributed by atoms with Crippen LogP contribution < -0.4 is 0 Å². The number of hydrogen-bond acceptors (Lipinski definition) is 1. The molecule has 1 amide bonds. The minimum Gasteiger partial charge on any atom is -0.361 e. The monoisotopic (exact) mass is 284 g/mol. The van der Waals surface area contributed by atoms with E-state index in [1.54, 1.807) is 0 Å². The van der Waals surface area contributed by atoms with Crippen molar-refractivity contribution < 1.29 is 4.79 Å². The number of aromatic amines is 1. The molecule has 3 rings (SSSR count). The van der Waals surface area contributed by atoms with Crippen molar-refractivity contribution in [2.75, 3.05) is 13.1 Å². The summed E-state index contributed by atoms with van der Waals surface area (Å²) < 4.78 is 0. The molecule has 112 valence electrons. The van der Waals surface area contributed by atoms with Gasteiger partial charge in [0.25, 0.3) is 0 Å². The number of carbonyl (C=O) groups excluding carboxylic acids is 1. The molecule has 0 spiro atoms. The fourth-order valence-corrected chi connectivity index (χ4v) is 3.13. The number of H-pyrrole nitrogens is 1. The fraction of sp³-hybridized carbons (Fsp3) is 0.500. The number of fused-ring (bicyclic) bond motifs is 1. The summed E-state index contributed by atoms with van der Waals surface area (Å²) in [7, 11) is 0. The van der Waals surface area contributed by atoms with Crippen molar-refractivity contribution in [2.24, 2.45) is 5.92 Å². The molecular formula is C18H24N2O. The Kier molecular flexibility index (Phi) is 4.28. The Morgan fingerprint density at radius 3 is 2.86 bits per heavy atom. The smallest absolute Gasteiger partial charge is 0.222 e. The zero-order chi connectivity index (χ0) is 14.7. The standard InChI is InChI=1S/C18H24N2O/c1-2-20(13-14-6-5-7-14)18(21)11-10-15-12-19-17-9-4-3-8-16(15)17/h3-4,8-9,12,14,19H,2,5-7,10-11,13H2,1H3. The molecule has 0 atom stereocenters. The van der Waals surface area contributed by atoms with Crippen molar-refractivity contribution in [3.05, 3.63) is 36.0 Å². The van der Waals surface area contributed by atoms with Crippen molar-refractivity contribution in [1.82, 2.24) is 9.88 Å². The molecule has 0 saturated heterocycles. The average Bonchev–Trinajstić information content (AvgIpc) is 2.87. The first-order valence-corrected chi connectivity index (χ1v) is 8.10. The second-order valence-corrected chi connectivity index (χ2v) is 6.09. The molecule has 21 heavy (non-hydrogen) atoms. The molecule has 3 nitrogen and oxygen atoms in total. The molecular weight excluding hydrogens is 260 g/mol. The molecule has 1 aromatic carbocycles. The lowest BCUT2D eigenvalue weighted by molar-refractivity contribution is -0.132. The van der Waals surface area contributed by atoms with E-state index in [2.05, 4.69) is 30.1 Å².